The number of hydrogen-bond acceptors (Lipinski definition) is 0. The molecule has 0 radical (unpaired) electrons. The van der Waals surface area contributed by atoms with Crippen molar-refractivity contribution in [2.75, 3.05) is 0 Å². The van der Waals surface area contributed by atoms with Crippen LogP contribution in [0.5, 0.6) is 0 Å². The standard InChI is InChI=1S/C29H27ClF2/c1-2-3-4-5-6-7-20-8-9-22-17-23(11-10-21(22)16-20)24-12-14-26(28(31)18-24)25-13-15-27(30)29(32)19-25/h8-19H,2-7H2,1H3. The lowest BCUT2D eigenvalue weighted by Crippen LogP contribution is -1.89. The third kappa shape index (κ3) is 5.19. The first-order chi connectivity index (χ1) is 15.5. The van der Waals surface area contributed by atoms with E-state index < -0.39 is 5.82 Å². The molecule has 0 spiro atoms. The minimum Gasteiger partial charge on any atom is -0.206 e. The quantitative estimate of drug-likeness (QED) is 0.235. The number of aryl methyl sites for hydroxylation is 1. The maximum Gasteiger partial charge on any atom is 0.142 e. The normalized spacial score (nSPS) is 11.2. The first kappa shape index (κ1) is 22.5. The van der Waals surface area contributed by atoms with Gasteiger partial charge in [-0.1, -0.05) is 92.7 Å². The van der Waals surface area contributed by atoms with Crippen LogP contribution in [0.3, 0.4) is 0 Å². The number of hydrogen-bond donors (Lipinski definition) is 0. The molecular formula is C29H27ClF2. The van der Waals surface area contributed by atoms with E-state index in [4.69, 9.17) is 11.6 Å². The fourth-order valence-corrected chi connectivity index (χ4v) is 4.27. The van der Waals surface area contributed by atoms with Crippen LogP contribution in [0, 0.1) is 11.6 Å². The van der Waals surface area contributed by atoms with Gasteiger partial charge >= 0.3 is 0 Å². The maximum absolute atomic E-state index is 14.9. The molecule has 0 aromatic heterocycles. The number of unbranched alkanes of at least 4 members (excludes halogenated alkanes) is 4. The fraction of sp³-hybridized carbons (Fsp3) is 0.241. The van der Waals surface area contributed by atoms with Gasteiger partial charge in [0.15, 0.2) is 0 Å². The molecule has 4 aromatic rings. The molecule has 3 heteroatoms. The summed E-state index contributed by atoms with van der Waals surface area (Å²) in [6.07, 6.45) is 7.53. The van der Waals surface area contributed by atoms with Crippen LogP contribution in [0.2, 0.25) is 5.02 Å². The molecule has 4 aromatic carbocycles. The van der Waals surface area contributed by atoms with Crippen LogP contribution in [0.1, 0.15) is 44.6 Å². The molecule has 0 heterocycles. The van der Waals surface area contributed by atoms with E-state index in [0.29, 0.717) is 11.1 Å². The van der Waals surface area contributed by atoms with E-state index in [-0.39, 0.29) is 10.8 Å². The van der Waals surface area contributed by atoms with Crippen LogP contribution < -0.4 is 0 Å². The lowest BCUT2D eigenvalue weighted by atomic mass is 9.96. The Labute approximate surface area is 193 Å². The summed E-state index contributed by atoms with van der Waals surface area (Å²) >= 11 is 5.74. The summed E-state index contributed by atoms with van der Waals surface area (Å²) in [7, 11) is 0. The second kappa shape index (κ2) is 10.3. The topological polar surface area (TPSA) is 0 Å². The van der Waals surface area contributed by atoms with Crippen LogP contribution in [-0.4, -0.2) is 0 Å². The highest BCUT2D eigenvalue weighted by Gasteiger charge is 2.10. The molecule has 32 heavy (non-hydrogen) atoms. The molecule has 0 aliphatic heterocycles. The van der Waals surface area contributed by atoms with Crippen molar-refractivity contribution in [3.63, 3.8) is 0 Å². The summed E-state index contributed by atoms with van der Waals surface area (Å²) in [5.41, 5.74) is 3.94. The van der Waals surface area contributed by atoms with Gasteiger partial charge in [0.2, 0.25) is 0 Å². The van der Waals surface area contributed by atoms with Crippen molar-refractivity contribution in [2.24, 2.45) is 0 Å². The molecule has 0 aliphatic rings. The van der Waals surface area contributed by atoms with E-state index in [1.807, 2.05) is 12.1 Å². The summed E-state index contributed by atoms with van der Waals surface area (Å²) in [4.78, 5) is 0. The lowest BCUT2D eigenvalue weighted by Gasteiger charge is -2.09. The van der Waals surface area contributed by atoms with Gasteiger partial charge in [-0.3, -0.25) is 0 Å². The van der Waals surface area contributed by atoms with E-state index in [1.165, 1.54) is 61.3 Å². The van der Waals surface area contributed by atoms with Gasteiger partial charge in [-0.15, -0.1) is 0 Å². The molecule has 0 atom stereocenters. The van der Waals surface area contributed by atoms with Crippen molar-refractivity contribution in [3.8, 4) is 22.3 Å². The SMILES string of the molecule is CCCCCCCc1ccc2cc(-c3ccc(-c4ccc(Cl)c(F)c4)c(F)c3)ccc2c1. The lowest BCUT2D eigenvalue weighted by molar-refractivity contribution is 0.625. The highest BCUT2D eigenvalue weighted by Crippen LogP contribution is 2.31. The van der Waals surface area contributed by atoms with Crippen LogP contribution in [0.15, 0.2) is 72.8 Å². The molecule has 0 amide bonds. The predicted octanol–water partition coefficient (Wildman–Crippen LogP) is 9.62. The van der Waals surface area contributed by atoms with Crippen molar-refractivity contribution < 1.29 is 8.78 Å². The first-order valence-electron chi connectivity index (χ1n) is 11.3. The predicted molar refractivity (Wildman–Crippen MR) is 132 cm³/mol. The van der Waals surface area contributed by atoms with Crippen molar-refractivity contribution in [1.82, 2.24) is 0 Å². The Morgan fingerprint density at radius 1 is 0.625 bits per heavy atom. The van der Waals surface area contributed by atoms with Crippen molar-refractivity contribution in [3.05, 3.63) is 95.0 Å². The van der Waals surface area contributed by atoms with Crippen LogP contribution in [-0.2, 0) is 6.42 Å². The summed E-state index contributed by atoms with van der Waals surface area (Å²) in [5.74, 6) is -0.940. The summed E-state index contributed by atoms with van der Waals surface area (Å²) < 4.78 is 28.6. The highest BCUT2D eigenvalue weighted by atomic mass is 35.5. The highest BCUT2D eigenvalue weighted by molar-refractivity contribution is 6.30. The van der Waals surface area contributed by atoms with Crippen molar-refractivity contribution in [2.45, 2.75) is 45.4 Å². The second-order valence-corrected chi connectivity index (χ2v) is 8.79. The number of fused-ring (bicyclic) bond motifs is 1. The van der Waals surface area contributed by atoms with Gasteiger partial charge in [0.25, 0.3) is 0 Å². The molecular weight excluding hydrogens is 422 g/mol. The van der Waals surface area contributed by atoms with Gasteiger partial charge in [-0.25, -0.2) is 8.78 Å². The second-order valence-electron chi connectivity index (χ2n) is 8.38. The zero-order chi connectivity index (χ0) is 22.5. The molecule has 0 saturated carbocycles. The van der Waals surface area contributed by atoms with E-state index >= 15 is 0 Å². The Bertz CT molecular complexity index is 1230. The Balaban J connectivity index is 1.53. The van der Waals surface area contributed by atoms with E-state index in [2.05, 4.69) is 37.3 Å². The minimum atomic E-state index is -0.553. The van der Waals surface area contributed by atoms with Crippen LogP contribution >= 0.6 is 11.6 Å². The van der Waals surface area contributed by atoms with Gasteiger partial charge in [0.05, 0.1) is 5.02 Å². The Morgan fingerprint density at radius 3 is 2.06 bits per heavy atom. The fourth-order valence-electron chi connectivity index (χ4n) is 4.16. The Morgan fingerprint density at radius 2 is 1.28 bits per heavy atom. The largest absolute Gasteiger partial charge is 0.206 e. The summed E-state index contributed by atoms with van der Waals surface area (Å²) in [5, 5.41) is 2.37. The Kier molecular flexibility index (Phi) is 7.22. The van der Waals surface area contributed by atoms with Gasteiger partial charge in [0, 0.05) is 5.56 Å². The number of benzene rings is 4. The minimum absolute atomic E-state index is 0.0293. The van der Waals surface area contributed by atoms with E-state index in [0.717, 1.165) is 22.9 Å². The Hall–Kier alpha value is -2.71. The molecule has 0 bridgehead atoms. The van der Waals surface area contributed by atoms with Crippen molar-refractivity contribution >= 4 is 22.4 Å². The summed E-state index contributed by atoms with van der Waals surface area (Å²) in [6.45, 7) is 2.24. The molecule has 0 aliphatic carbocycles. The molecule has 0 fully saturated rings. The average Bonchev–Trinajstić information content (AvgIpc) is 2.80. The van der Waals surface area contributed by atoms with Crippen LogP contribution in [0.4, 0.5) is 8.78 Å². The van der Waals surface area contributed by atoms with E-state index in [9.17, 15) is 8.78 Å². The third-order valence-electron chi connectivity index (χ3n) is 6.01. The van der Waals surface area contributed by atoms with Gasteiger partial charge in [0.1, 0.15) is 11.6 Å². The average molecular weight is 449 g/mol. The van der Waals surface area contributed by atoms with Crippen molar-refractivity contribution in [1.29, 1.82) is 0 Å². The number of halogens is 3. The smallest absolute Gasteiger partial charge is 0.142 e. The third-order valence-corrected chi connectivity index (χ3v) is 6.31. The molecule has 4 rings (SSSR count). The van der Waals surface area contributed by atoms with Gasteiger partial charge in [-0.05, 0) is 70.1 Å². The molecule has 0 unspecified atom stereocenters. The van der Waals surface area contributed by atoms with Gasteiger partial charge < -0.3 is 0 Å². The van der Waals surface area contributed by atoms with Gasteiger partial charge in [-0.2, -0.15) is 0 Å². The first-order valence-corrected chi connectivity index (χ1v) is 11.7. The maximum atomic E-state index is 14.9. The molecule has 0 saturated heterocycles. The molecule has 164 valence electrons. The zero-order valence-corrected chi connectivity index (χ0v) is 19.1. The molecule has 0 N–H and O–H groups in total. The summed E-state index contributed by atoms with van der Waals surface area (Å²) in [6, 6.07) is 22.3. The number of rotatable bonds is 8. The van der Waals surface area contributed by atoms with Crippen LogP contribution in [0.25, 0.3) is 33.0 Å². The zero-order valence-electron chi connectivity index (χ0n) is 18.3. The van der Waals surface area contributed by atoms with E-state index in [1.54, 1.807) is 12.1 Å². The molecule has 0 nitrogen and oxygen atoms in total. The monoisotopic (exact) mass is 448 g/mol.